The number of aryl methyl sites for hydroxylation is 1. The van der Waals surface area contributed by atoms with Crippen molar-refractivity contribution in [3.05, 3.63) is 16.5 Å². The first-order chi connectivity index (χ1) is 9.94. The third-order valence-electron chi connectivity index (χ3n) is 2.99. The molecule has 0 aliphatic carbocycles. The number of thiophene rings is 1. The maximum atomic E-state index is 12.3. The number of piperazine rings is 1. The van der Waals surface area contributed by atoms with E-state index in [0.29, 0.717) is 31.2 Å². The maximum absolute atomic E-state index is 12.3. The smallest absolute Gasteiger partial charge is 0.341 e. The molecule has 2 N–H and O–H groups in total. The number of hydrogen-bond donors (Lipinski definition) is 2. The summed E-state index contributed by atoms with van der Waals surface area (Å²) in [6.07, 6.45) is 0. The van der Waals surface area contributed by atoms with E-state index in [0.717, 1.165) is 4.88 Å². The van der Waals surface area contributed by atoms with Crippen LogP contribution in [0.1, 0.15) is 22.2 Å². The van der Waals surface area contributed by atoms with Gasteiger partial charge >= 0.3 is 16.2 Å². The number of ether oxygens (including phenoxy) is 1. The van der Waals surface area contributed by atoms with Gasteiger partial charge in [-0.3, -0.25) is 4.72 Å². The van der Waals surface area contributed by atoms with Crippen LogP contribution in [0, 0.1) is 6.92 Å². The molecule has 0 saturated carbocycles. The van der Waals surface area contributed by atoms with E-state index in [1.165, 1.54) is 15.6 Å². The third-order valence-corrected chi connectivity index (χ3v) is 5.59. The molecule has 7 nitrogen and oxygen atoms in total. The zero-order chi connectivity index (χ0) is 15.5. The lowest BCUT2D eigenvalue weighted by Gasteiger charge is -2.26. The molecule has 1 aromatic heterocycles. The number of esters is 1. The van der Waals surface area contributed by atoms with Crippen LogP contribution in [0.5, 0.6) is 0 Å². The zero-order valence-electron chi connectivity index (χ0n) is 12.0. The number of rotatable bonds is 5. The summed E-state index contributed by atoms with van der Waals surface area (Å²) in [6, 6.07) is 1.64. The monoisotopic (exact) mass is 333 g/mol. The van der Waals surface area contributed by atoms with Crippen molar-refractivity contribution in [2.45, 2.75) is 13.8 Å². The third kappa shape index (κ3) is 3.94. The molecule has 1 aromatic rings. The first kappa shape index (κ1) is 16.2. The number of anilines is 1. The van der Waals surface area contributed by atoms with Crippen molar-refractivity contribution in [1.82, 2.24) is 9.62 Å². The molecule has 0 bridgehead atoms. The lowest BCUT2D eigenvalue weighted by atomic mass is 10.3. The van der Waals surface area contributed by atoms with Crippen molar-refractivity contribution >= 4 is 32.5 Å². The van der Waals surface area contributed by atoms with E-state index in [9.17, 15) is 13.2 Å². The molecule has 1 aliphatic heterocycles. The van der Waals surface area contributed by atoms with Crippen molar-refractivity contribution in [2.75, 3.05) is 37.5 Å². The molecule has 0 unspecified atom stereocenters. The van der Waals surface area contributed by atoms with Gasteiger partial charge in [-0.1, -0.05) is 0 Å². The molecule has 0 atom stereocenters. The normalized spacial score (nSPS) is 16.7. The second kappa shape index (κ2) is 6.73. The fourth-order valence-corrected chi connectivity index (χ4v) is 4.39. The molecule has 0 amide bonds. The average Bonchev–Trinajstić information content (AvgIpc) is 2.80. The Morgan fingerprint density at radius 3 is 2.76 bits per heavy atom. The van der Waals surface area contributed by atoms with Crippen LogP contribution in [0.25, 0.3) is 0 Å². The number of nitrogens with zero attached hydrogens (tertiary/aromatic N) is 1. The Bertz CT molecular complexity index is 606. The van der Waals surface area contributed by atoms with Gasteiger partial charge in [-0.15, -0.1) is 11.3 Å². The molecule has 0 aromatic carbocycles. The van der Waals surface area contributed by atoms with Gasteiger partial charge in [0.05, 0.1) is 12.2 Å². The highest BCUT2D eigenvalue weighted by molar-refractivity contribution is 7.90. The van der Waals surface area contributed by atoms with Crippen molar-refractivity contribution in [1.29, 1.82) is 0 Å². The van der Waals surface area contributed by atoms with Gasteiger partial charge in [0.15, 0.2) is 0 Å². The summed E-state index contributed by atoms with van der Waals surface area (Å²) in [7, 11) is -3.65. The van der Waals surface area contributed by atoms with Gasteiger partial charge in [0.25, 0.3) is 0 Å². The number of carbonyl (C=O) groups excluding carboxylic acids is 1. The molecule has 9 heteroatoms. The highest BCUT2D eigenvalue weighted by Crippen LogP contribution is 2.29. The van der Waals surface area contributed by atoms with E-state index in [1.54, 1.807) is 13.0 Å². The number of carbonyl (C=O) groups is 1. The number of nitrogens with one attached hydrogen (secondary N) is 2. The van der Waals surface area contributed by atoms with Crippen molar-refractivity contribution < 1.29 is 17.9 Å². The highest BCUT2D eigenvalue weighted by atomic mass is 32.2. The van der Waals surface area contributed by atoms with E-state index >= 15 is 0 Å². The Kier molecular flexibility index (Phi) is 5.20. The lowest BCUT2D eigenvalue weighted by molar-refractivity contribution is 0.0528. The van der Waals surface area contributed by atoms with E-state index in [4.69, 9.17) is 4.74 Å². The summed E-state index contributed by atoms with van der Waals surface area (Å²) < 4.78 is 33.5. The molecule has 1 fully saturated rings. The summed E-state index contributed by atoms with van der Waals surface area (Å²) in [5.74, 6) is -0.514. The van der Waals surface area contributed by atoms with Gasteiger partial charge in [0, 0.05) is 31.1 Å². The lowest BCUT2D eigenvalue weighted by Crippen LogP contribution is -2.48. The van der Waals surface area contributed by atoms with Crippen LogP contribution in [0.4, 0.5) is 5.00 Å². The van der Waals surface area contributed by atoms with E-state index < -0.39 is 16.2 Å². The molecule has 0 spiro atoms. The predicted octanol–water partition coefficient (Wildman–Crippen LogP) is 0.795. The molecule has 21 heavy (non-hydrogen) atoms. The van der Waals surface area contributed by atoms with Gasteiger partial charge in [-0.05, 0) is 19.9 Å². The van der Waals surface area contributed by atoms with Crippen molar-refractivity contribution in [3.63, 3.8) is 0 Å². The molecular weight excluding hydrogens is 314 g/mol. The molecule has 0 radical (unpaired) electrons. The van der Waals surface area contributed by atoms with Gasteiger partial charge < -0.3 is 10.1 Å². The minimum atomic E-state index is -3.65. The second-order valence-electron chi connectivity index (χ2n) is 4.58. The highest BCUT2D eigenvalue weighted by Gasteiger charge is 2.26. The predicted molar refractivity (Wildman–Crippen MR) is 82.0 cm³/mol. The number of hydrogen-bond acceptors (Lipinski definition) is 6. The minimum absolute atomic E-state index is 0.248. The van der Waals surface area contributed by atoms with Crippen LogP contribution in [0.3, 0.4) is 0 Å². The van der Waals surface area contributed by atoms with Gasteiger partial charge in [-0.25, -0.2) is 4.79 Å². The Balaban J connectivity index is 2.20. The largest absolute Gasteiger partial charge is 0.462 e. The van der Waals surface area contributed by atoms with Gasteiger partial charge in [-0.2, -0.15) is 12.7 Å². The first-order valence-corrected chi connectivity index (χ1v) is 8.96. The Labute approximate surface area is 128 Å². The summed E-state index contributed by atoms with van der Waals surface area (Å²) >= 11 is 1.23. The summed E-state index contributed by atoms with van der Waals surface area (Å²) in [4.78, 5) is 12.7. The fourth-order valence-electron chi connectivity index (χ4n) is 2.02. The Morgan fingerprint density at radius 1 is 1.48 bits per heavy atom. The van der Waals surface area contributed by atoms with Crippen LogP contribution < -0.4 is 10.0 Å². The maximum Gasteiger partial charge on any atom is 0.341 e. The fraction of sp³-hybridized carbons (Fsp3) is 0.583. The summed E-state index contributed by atoms with van der Waals surface area (Å²) in [5.41, 5.74) is 0.262. The van der Waals surface area contributed by atoms with Crippen molar-refractivity contribution in [2.24, 2.45) is 0 Å². The van der Waals surface area contributed by atoms with Gasteiger partial charge in [0.2, 0.25) is 0 Å². The van der Waals surface area contributed by atoms with Crippen LogP contribution in [-0.4, -0.2) is 51.5 Å². The Morgan fingerprint density at radius 2 is 2.14 bits per heavy atom. The van der Waals surface area contributed by atoms with Gasteiger partial charge in [0.1, 0.15) is 5.00 Å². The minimum Gasteiger partial charge on any atom is -0.462 e. The summed E-state index contributed by atoms with van der Waals surface area (Å²) in [6.45, 7) is 5.84. The molecular formula is C12H19N3O4S2. The van der Waals surface area contributed by atoms with Crippen molar-refractivity contribution in [3.8, 4) is 0 Å². The SMILES string of the molecule is CCOC(=O)c1cc(C)sc1NS(=O)(=O)N1CCNCC1. The quantitative estimate of drug-likeness (QED) is 0.778. The van der Waals surface area contributed by atoms with Crippen LogP contribution in [-0.2, 0) is 14.9 Å². The van der Waals surface area contributed by atoms with E-state index in [1.807, 2.05) is 6.92 Å². The first-order valence-electron chi connectivity index (χ1n) is 6.70. The molecule has 2 heterocycles. The van der Waals surface area contributed by atoms with Crippen LogP contribution in [0.15, 0.2) is 6.07 Å². The standard InChI is InChI=1S/C12H19N3O4S2/c1-3-19-12(16)10-8-9(2)20-11(10)14-21(17,18)15-6-4-13-5-7-15/h8,13-14H,3-7H2,1-2H3. The Hall–Kier alpha value is -1.16. The summed E-state index contributed by atoms with van der Waals surface area (Å²) in [5, 5.41) is 3.41. The van der Waals surface area contributed by atoms with Crippen LogP contribution in [0.2, 0.25) is 0 Å². The zero-order valence-corrected chi connectivity index (χ0v) is 13.6. The molecule has 1 aliphatic rings. The average molecular weight is 333 g/mol. The topological polar surface area (TPSA) is 87.7 Å². The van der Waals surface area contributed by atoms with Crippen LogP contribution >= 0.6 is 11.3 Å². The van der Waals surface area contributed by atoms with E-state index in [2.05, 4.69) is 10.0 Å². The molecule has 1 saturated heterocycles. The second-order valence-corrected chi connectivity index (χ2v) is 7.50. The van der Waals surface area contributed by atoms with E-state index in [-0.39, 0.29) is 12.2 Å². The molecule has 2 rings (SSSR count). The molecule has 118 valence electrons.